The minimum atomic E-state index is -0.939. The number of fused-ring (bicyclic) bond motifs is 1. The average Bonchev–Trinajstić information content (AvgIpc) is 3.66. The Labute approximate surface area is 249 Å². The summed E-state index contributed by atoms with van der Waals surface area (Å²) in [6.07, 6.45) is 5.10. The lowest BCUT2D eigenvalue weighted by Gasteiger charge is -2.32. The summed E-state index contributed by atoms with van der Waals surface area (Å²) >= 11 is 0. The lowest BCUT2D eigenvalue weighted by atomic mass is 9.84. The highest BCUT2D eigenvalue weighted by Crippen LogP contribution is 2.47. The van der Waals surface area contributed by atoms with Crippen LogP contribution in [0.25, 0.3) is 0 Å². The zero-order valence-corrected chi connectivity index (χ0v) is 26.0. The van der Waals surface area contributed by atoms with Crippen LogP contribution in [0.3, 0.4) is 0 Å². The monoisotopic (exact) mass is 589 g/mol. The van der Waals surface area contributed by atoms with E-state index in [0.717, 1.165) is 48.7 Å². The van der Waals surface area contributed by atoms with Crippen LogP contribution in [0.2, 0.25) is 0 Å². The number of carboxylic acids is 1. The van der Waals surface area contributed by atoms with Gasteiger partial charge in [0.15, 0.2) is 11.5 Å². The van der Waals surface area contributed by atoms with Crippen molar-refractivity contribution in [1.82, 2.24) is 14.7 Å². The quantitative estimate of drug-likeness (QED) is 0.246. The lowest BCUT2D eigenvalue weighted by molar-refractivity contribution is -0.870. The van der Waals surface area contributed by atoms with Crippen molar-refractivity contribution in [3.8, 4) is 17.2 Å². The van der Waals surface area contributed by atoms with E-state index >= 15 is 0 Å². The molecular formula is C31H49N4O7+. The first kappa shape index (κ1) is 31.9. The molecule has 2 amide bonds. The fourth-order valence-corrected chi connectivity index (χ4v) is 6.42. The largest absolute Gasteiger partial charge is 0.493 e. The molecule has 42 heavy (non-hydrogen) atoms. The molecule has 3 aliphatic rings. The number of quaternary nitrogens is 1. The summed E-state index contributed by atoms with van der Waals surface area (Å²) < 4.78 is 17.6. The first-order chi connectivity index (χ1) is 20.0. The van der Waals surface area contributed by atoms with Gasteiger partial charge >= 0.3 is 5.97 Å². The van der Waals surface area contributed by atoms with E-state index in [1.807, 2.05) is 21.9 Å². The summed E-state index contributed by atoms with van der Waals surface area (Å²) in [7, 11) is 8.06. The van der Waals surface area contributed by atoms with Gasteiger partial charge in [0.1, 0.15) is 0 Å². The number of carboxylic acid groups (broad SMARTS) is 1. The Balaban J connectivity index is 1.58. The Bertz CT molecular complexity index is 1120. The molecule has 0 saturated carbocycles. The van der Waals surface area contributed by atoms with Gasteiger partial charge in [0.2, 0.25) is 24.4 Å². The predicted octanol–water partition coefficient (Wildman–Crippen LogP) is 2.63. The maximum atomic E-state index is 13.8. The van der Waals surface area contributed by atoms with Crippen molar-refractivity contribution in [3.63, 3.8) is 0 Å². The number of likely N-dealkylation sites (tertiary alicyclic amines) is 2. The number of unbranched alkanes of at least 4 members (excludes halogenated alkanes) is 2. The first-order valence-electron chi connectivity index (χ1n) is 15.3. The smallest absolute Gasteiger partial charge is 0.308 e. The van der Waals surface area contributed by atoms with Gasteiger partial charge < -0.3 is 33.6 Å². The van der Waals surface area contributed by atoms with Crippen molar-refractivity contribution < 1.29 is 38.2 Å². The SMILES string of the molecule is CCCCN(CCCC[N+](C)(C)C)C(=O)CN1C[C@H](c2cc(OC)c3c(c2)OCO3)C(C(=O)O)[C@@H]1CN1CCCC1=O. The normalized spacial score (nSPS) is 22.2. The average molecular weight is 590 g/mol. The summed E-state index contributed by atoms with van der Waals surface area (Å²) in [5.41, 5.74) is 0.763. The molecule has 1 aromatic carbocycles. The molecule has 3 heterocycles. The molecule has 0 aliphatic carbocycles. The third kappa shape index (κ3) is 7.66. The number of amides is 2. The maximum Gasteiger partial charge on any atom is 0.308 e. The van der Waals surface area contributed by atoms with Gasteiger partial charge in [-0.1, -0.05) is 13.3 Å². The van der Waals surface area contributed by atoms with Gasteiger partial charge in [0, 0.05) is 51.1 Å². The number of benzene rings is 1. The number of ether oxygens (including phenoxy) is 3. The molecule has 11 nitrogen and oxygen atoms in total. The molecule has 11 heteroatoms. The molecule has 0 aromatic heterocycles. The second kappa shape index (κ2) is 13.9. The minimum absolute atomic E-state index is 0.0134. The number of methoxy groups -OCH3 is 1. The Hall–Kier alpha value is -3.05. The van der Waals surface area contributed by atoms with E-state index < -0.39 is 23.8 Å². The van der Waals surface area contributed by atoms with E-state index in [0.29, 0.717) is 56.4 Å². The molecule has 1 N–H and O–H groups in total. The molecule has 3 atom stereocenters. The molecule has 2 saturated heterocycles. The highest BCUT2D eigenvalue weighted by Gasteiger charge is 2.49. The van der Waals surface area contributed by atoms with Crippen molar-refractivity contribution in [2.24, 2.45) is 5.92 Å². The third-order valence-corrected chi connectivity index (χ3v) is 8.70. The fraction of sp³-hybridized carbons (Fsp3) is 0.710. The second-order valence-electron chi connectivity index (χ2n) is 12.8. The number of hydrogen-bond acceptors (Lipinski definition) is 7. The van der Waals surface area contributed by atoms with Gasteiger partial charge in [-0.05, 0) is 43.4 Å². The van der Waals surface area contributed by atoms with Crippen molar-refractivity contribution in [3.05, 3.63) is 17.7 Å². The highest BCUT2D eigenvalue weighted by molar-refractivity contribution is 5.80. The van der Waals surface area contributed by atoms with Crippen molar-refractivity contribution >= 4 is 17.8 Å². The van der Waals surface area contributed by atoms with Crippen LogP contribution in [0.4, 0.5) is 0 Å². The summed E-state index contributed by atoms with van der Waals surface area (Å²) in [5, 5.41) is 10.5. The molecule has 4 rings (SSSR count). The van der Waals surface area contributed by atoms with E-state index in [-0.39, 0.29) is 25.2 Å². The van der Waals surface area contributed by atoms with Crippen molar-refractivity contribution in [1.29, 1.82) is 0 Å². The third-order valence-electron chi connectivity index (χ3n) is 8.70. The van der Waals surface area contributed by atoms with Gasteiger partial charge in [-0.2, -0.15) is 0 Å². The number of nitrogens with zero attached hydrogens (tertiary/aromatic N) is 4. The van der Waals surface area contributed by atoms with Crippen LogP contribution < -0.4 is 14.2 Å². The topological polar surface area (TPSA) is 109 Å². The van der Waals surface area contributed by atoms with Crippen molar-refractivity contribution in [2.45, 2.75) is 57.4 Å². The molecule has 234 valence electrons. The number of aliphatic carboxylic acids is 1. The Kier molecular flexibility index (Phi) is 10.6. The van der Waals surface area contributed by atoms with Crippen LogP contribution in [0.15, 0.2) is 12.1 Å². The Morgan fingerprint density at radius 3 is 2.55 bits per heavy atom. The summed E-state index contributed by atoms with van der Waals surface area (Å²) in [6.45, 7) is 6.00. The molecule has 0 bridgehead atoms. The summed E-state index contributed by atoms with van der Waals surface area (Å²) in [4.78, 5) is 45.0. The van der Waals surface area contributed by atoms with Crippen LogP contribution in [-0.4, -0.2) is 129 Å². The van der Waals surface area contributed by atoms with Crippen molar-refractivity contribution in [2.75, 3.05) is 80.9 Å². The molecule has 1 aromatic rings. The minimum Gasteiger partial charge on any atom is -0.493 e. The van der Waals surface area contributed by atoms with Crippen LogP contribution in [0.5, 0.6) is 17.2 Å². The van der Waals surface area contributed by atoms with Gasteiger partial charge in [-0.25, -0.2) is 0 Å². The molecule has 3 aliphatic heterocycles. The van der Waals surface area contributed by atoms with E-state index in [4.69, 9.17) is 14.2 Å². The van der Waals surface area contributed by atoms with Crippen LogP contribution in [0.1, 0.15) is 56.9 Å². The molecular weight excluding hydrogens is 540 g/mol. The van der Waals surface area contributed by atoms with E-state index in [1.54, 1.807) is 12.0 Å². The molecule has 1 unspecified atom stereocenters. The molecule has 0 spiro atoms. The fourth-order valence-electron chi connectivity index (χ4n) is 6.42. The lowest BCUT2D eigenvalue weighted by Crippen LogP contribution is -2.49. The summed E-state index contributed by atoms with van der Waals surface area (Å²) in [5.74, 6) is -0.598. The van der Waals surface area contributed by atoms with E-state index in [2.05, 4.69) is 28.1 Å². The van der Waals surface area contributed by atoms with Crippen LogP contribution in [-0.2, 0) is 14.4 Å². The van der Waals surface area contributed by atoms with Gasteiger partial charge in [-0.15, -0.1) is 0 Å². The summed E-state index contributed by atoms with van der Waals surface area (Å²) in [6, 6.07) is 3.15. The first-order valence-corrected chi connectivity index (χ1v) is 15.3. The Morgan fingerprint density at radius 2 is 1.90 bits per heavy atom. The standard InChI is InChI=1S/C31H48N4O7/c1-6-7-12-32(13-8-9-15-35(2,3)4)28(37)20-34-18-23(22-16-25(40-5)30-26(17-22)41-21-42-30)29(31(38)39)24(34)19-33-14-10-11-27(33)36/h16-17,23-24,29H,6-15,18-21H2,1-5H3/p+1/t23-,24+,29?/m1/s1. The van der Waals surface area contributed by atoms with E-state index in [9.17, 15) is 19.5 Å². The molecule has 0 radical (unpaired) electrons. The number of carbonyl (C=O) groups excluding carboxylic acids is 2. The van der Waals surface area contributed by atoms with E-state index in [1.165, 1.54) is 0 Å². The Morgan fingerprint density at radius 1 is 1.14 bits per heavy atom. The zero-order chi connectivity index (χ0) is 30.4. The van der Waals surface area contributed by atoms with Gasteiger partial charge in [0.05, 0.1) is 47.3 Å². The van der Waals surface area contributed by atoms with Crippen LogP contribution in [0, 0.1) is 5.92 Å². The molecule has 2 fully saturated rings. The highest BCUT2D eigenvalue weighted by atomic mass is 16.7. The predicted molar refractivity (Wildman–Crippen MR) is 158 cm³/mol. The maximum absolute atomic E-state index is 13.8. The van der Waals surface area contributed by atoms with Crippen LogP contribution >= 0.6 is 0 Å². The van der Waals surface area contributed by atoms with Gasteiger partial charge in [0.25, 0.3) is 0 Å². The number of rotatable bonds is 15. The number of hydrogen-bond donors (Lipinski definition) is 1. The van der Waals surface area contributed by atoms with Gasteiger partial charge in [-0.3, -0.25) is 19.3 Å². The zero-order valence-electron chi connectivity index (χ0n) is 26.0. The second-order valence-corrected chi connectivity index (χ2v) is 12.8. The number of carbonyl (C=O) groups is 3.